The van der Waals surface area contributed by atoms with Crippen LogP contribution < -0.4 is 25.6 Å². The van der Waals surface area contributed by atoms with E-state index in [0.717, 1.165) is 48.2 Å². The molecule has 0 atom stereocenters. The van der Waals surface area contributed by atoms with Gasteiger partial charge in [-0.15, -0.1) is 0 Å². The third kappa shape index (κ3) is 5.97. The van der Waals surface area contributed by atoms with Crippen LogP contribution >= 0.6 is 0 Å². The molecule has 0 aliphatic carbocycles. The molecule has 1 aromatic carbocycles. The number of ether oxygens (including phenoxy) is 2. The van der Waals surface area contributed by atoms with Gasteiger partial charge in [0, 0.05) is 80.6 Å². The Kier molecular flexibility index (Phi) is 8.24. The topological polar surface area (TPSA) is 140 Å². The van der Waals surface area contributed by atoms with Crippen molar-refractivity contribution in [2.24, 2.45) is 13.0 Å². The van der Waals surface area contributed by atoms with E-state index >= 15 is 0 Å². The largest absolute Gasteiger partial charge is 0.452 e. The minimum Gasteiger partial charge on any atom is -0.452 e. The quantitative estimate of drug-likeness (QED) is 0.203. The summed E-state index contributed by atoms with van der Waals surface area (Å²) in [7, 11) is 3.53. The first-order chi connectivity index (χ1) is 21.4. The zero-order valence-electron chi connectivity index (χ0n) is 24.5. The van der Waals surface area contributed by atoms with E-state index in [1.54, 1.807) is 55.9 Å². The fourth-order valence-corrected chi connectivity index (χ4v) is 5.63. The number of piperidine rings is 1. The van der Waals surface area contributed by atoms with Crippen LogP contribution in [-0.2, 0) is 16.6 Å². The van der Waals surface area contributed by atoms with Gasteiger partial charge >= 0.3 is 6.03 Å². The number of methoxy groups -OCH3 is 1. The molecule has 1 fully saturated rings. The molecule has 3 N–H and O–H groups in total. The number of urea groups is 1. The Hall–Kier alpha value is -5.23. The van der Waals surface area contributed by atoms with E-state index in [1.165, 1.54) is 6.20 Å². The van der Waals surface area contributed by atoms with Crippen molar-refractivity contribution >= 4 is 51.9 Å². The SMILES string of the molecule is COCCNC(=O)C1CCN(c2ccnc3c2c(/C=C2\Oc4ccc(NC(=O)Nc5cccnc5)cc4C2=O)cn3C)CC1. The number of hydrogen-bond donors (Lipinski definition) is 3. The van der Waals surface area contributed by atoms with E-state index in [2.05, 4.69) is 30.8 Å². The van der Waals surface area contributed by atoms with Crippen molar-refractivity contribution in [2.45, 2.75) is 12.8 Å². The first kappa shape index (κ1) is 28.9. The normalized spacial score (nSPS) is 15.7. The molecule has 0 unspecified atom stereocenters. The van der Waals surface area contributed by atoms with Gasteiger partial charge in [0.1, 0.15) is 11.4 Å². The van der Waals surface area contributed by atoms with E-state index in [1.807, 2.05) is 23.9 Å². The Balaban J connectivity index is 1.19. The van der Waals surface area contributed by atoms with Crippen molar-refractivity contribution in [1.29, 1.82) is 0 Å². The molecule has 6 rings (SSSR count). The van der Waals surface area contributed by atoms with E-state index in [-0.39, 0.29) is 23.4 Å². The van der Waals surface area contributed by atoms with E-state index in [9.17, 15) is 14.4 Å². The molecule has 226 valence electrons. The second kappa shape index (κ2) is 12.6. The molecular formula is C32H33N7O5. The predicted molar refractivity (Wildman–Crippen MR) is 167 cm³/mol. The van der Waals surface area contributed by atoms with Crippen molar-refractivity contribution in [3.05, 3.63) is 78.1 Å². The fraction of sp³-hybridized carbons (Fsp3) is 0.281. The molecule has 12 nitrogen and oxygen atoms in total. The van der Waals surface area contributed by atoms with Crippen LogP contribution in [-0.4, -0.2) is 65.6 Å². The second-order valence-corrected chi connectivity index (χ2v) is 10.7. The highest BCUT2D eigenvalue weighted by atomic mass is 16.5. The zero-order valence-corrected chi connectivity index (χ0v) is 24.5. The summed E-state index contributed by atoms with van der Waals surface area (Å²) in [6, 6.07) is 9.92. The summed E-state index contributed by atoms with van der Waals surface area (Å²) >= 11 is 0. The summed E-state index contributed by atoms with van der Waals surface area (Å²) in [6.07, 6.45) is 10.1. The summed E-state index contributed by atoms with van der Waals surface area (Å²) in [5.74, 6) is 0.353. The van der Waals surface area contributed by atoms with Gasteiger partial charge in [-0.3, -0.25) is 14.6 Å². The number of rotatable bonds is 8. The number of Topliss-reactive ketones (excluding diaryl/α,β-unsaturated/α-hetero) is 1. The third-order valence-corrected chi connectivity index (χ3v) is 7.81. The van der Waals surface area contributed by atoms with Gasteiger partial charge in [0.25, 0.3) is 0 Å². The number of allylic oxidation sites excluding steroid dienone is 1. The maximum atomic E-state index is 13.4. The van der Waals surface area contributed by atoms with Crippen molar-refractivity contribution in [1.82, 2.24) is 19.9 Å². The van der Waals surface area contributed by atoms with Gasteiger partial charge in [0.05, 0.1) is 24.1 Å². The van der Waals surface area contributed by atoms with Gasteiger partial charge in [-0.25, -0.2) is 9.78 Å². The summed E-state index contributed by atoms with van der Waals surface area (Å²) in [4.78, 5) is 49.3. The lowest BCUT2D eigenvalue weighted by atomic mass is 9.95. The smallest absolute Gasteiger partial charge is 0.323 e. The zero-order chi connectivity index (χ0) is 30.6. The molecule has 0 bridgehead atoms. The monoisotopic (exact) mass is 595 g/mol. The first-order valence-corrected chi connectivity index (χ1v) is 14.4. The number of carbonyl (C=O) groups excluding carboxylic acids is 3. The number of fused-ring (bicyclic) bond motifs is 2. The van der Waals surface area contributed by atoms with Crippen molar-refractivity contribution in [3.8, 4) is 5.75 Å². The second-order valence-electron chi connectivity index (χ2n) is 10.7. The van der Waals surface area contributed by atoms with Crippen LogP contribution in [0.1, 0.15) is 28.8 Å². The number of anilines is 3. The molecule has 12 heteroatoms. The van der Waals surface area contributed by atoms with Crippen molar-refractivity contribution in [2.75, 3.05) is 48.9 Å². The van der Waals surface area contributed by atoms with Crippen molar-refractivity contribution < 1.29 is 23.9 Å². The highest BCUT2D eigenvalue weighted by molar-refractivity contribution is 6.16. The van der Waals surface area contributed by atoms with Crippen LogP contribution in [0.15, 0.2) is 66.9 Å². The van der Waals surface area contributed by atoms with Crippen LogP contribution in [0, 0.1) is 5.92 Å². The Morgan fingerprint density at radius 3 is 2.70 bits per heavy atom. The lowest BCUT2D eigenvalue weighted by Gasteiger charge is -2.33. The number of hydrogen-bond acceptors (Lipinski definition) is 8. The van der Waals surface area contributed by atoms with E-state index in [0.29, 0.717) is 35.8 Å². The van der Waals surface area contributed by atoms with Crippen LogP contribution in [0.25, 0.3) is 17.1 Å². The fourth-order valence-electron chi connectivity index (χ4n) is 5.63. The molecule has 0 spiro atoms. The molecule has 4 aromatic rings. The number of ketones is 1. The van der Waals surface area contributed by atoms with E-state index in [4.69, 9.17) is 9.47 Å². The number of aromatic nitrogens is 3. The van der Waals surface area contributed by atoms with Gasteiger partial charge in [-0.2, -0.15) is 0 Å². The van der Waals surface area contributed by atoms with Crippen LogP contribution in [0.4, 0.5) is 21.9 Å². The highest BCUT2D eigenvalue weighted by Crippen LogP contribution is 2.37. The number of nitrogens with one attached hydrogen (secondary N) is 3. The molecule has 44 heavy (non-hydrogen) atoms. The molecule has 5 heterocycles. The lowest BCUT2D eigenvalue weighted by Crippen LogP contribution is -2.41. The molecule has 3 aromatic heterocycles. The summed E-state index contributed by atoms with van der Waals surface area (Å²) in [6.45, 7) is 2.44. The van der Waals surface area contributed by atoms with Gasteiger partial charge in [0.2, 0.25) is 11.7 Å². The third-order valence-electron chi connectivity index (χ3n) is 7.81. The predicted octanol–water partition coefficient (Wildman–Crippen LogP) is 4.21. The lowest BCUT2D eigenvalue weighted by molar-refractivity contribution is -0.125. The number of benzene rings is 1. The Morgan fingerprint density at radius 2 is 1.93 bits per heavy atom. The Bertz CT molecular complexity index is 1740. The van der Waals surface area contributed by atoms with Gasteiger partial charge < -0.3 is 34.9 Å². The van der Waals surface area contributed by atoms with Gasteiger partial charge in [-0.1, -0.05) is 0 Å². The number of aryl methyl sites for hydroxylation is 1. The van der Waals surface area contributed by atoms with E-state index < -0.39 is 6.03 Å². The molecular weight excluding hydrogens is 562 g/mol. The summed E-state index contributed by atoms with van der Waals surface area (Å²) in [5.41, 5.74) is 3.94. The Morgan fingerprint density at radius 1 is 1.11 bits per heavy atom. The van der Waals surface area contributed by atoms with Crippen LogP contribution in [0.5, 0.6) is 5.75 Å². The average molecular weight is 596 g/mol. The van der Waals surface area contributed by atoms with Crippen LogP contribution in [0.2, 0.25) is 0 Å². The first-order valence-electron chi connectivity index (χ1n) is 14.4. The highest BCUT2D eigenvalue weighted by Gasteiger charge is 2.30. The number of amides is 3. The summed E-state index contributed by atoms with van der Waals surface area (Å²) in [5, 5.41) is 9.31. The van der Waals surface area contributed by atoms with Gasteiger partial charge in [-0.05, 0) is 55.3 Å². The maximum absolute atomic E-state index is 13.4. The molecule has 0 saturated carbocycles. The minimum atomic E-state index is -0.452. The standard InChI is InChI=1S/C32H33N7O5/c1-38-19-21(28-25(7-11-34-30(28)38)39-13-8-20(9-14-39)31(41)35-12-15-43-2)16-27-29(40)24-17-22(5-6-26(24)44-27)36-32(42)37-23-4-3-10-33-18-23/h3-7,10-11,16-20H,8-9,12-15H2,1-2H3,(H,35,41)(H2,36,37,42)/b27-16-. The maximum Gasteiger partial charge on any atom is 0.323 e. The molecule has 1 saturated heterocycles. The molecule has 3 amide bonds. The summed E-state index contributed by atoms with van der Waals surface area (Å²) < 4.78 is 12.9. The number of pyridine rings is 2. The number of carbonyl (C=O) groups is 3. The Labute approximate surface area is 254 Å². The van der Waals surface area contributed by atoms with Crippen LogP contribution in [0.3, 0.4) is 0 Å². The number of nitrogens with zero attached hydrogens (tertiary/aromatic N) is 4. The van der Waals surface area contributed by atoms with Gasteiger partial charge in [0.15, 0.2) is 5.76 Å². The minimum absolute atomic E-state index is 0.0402. The van der Waals surface area contributed by atoms with Crippen molar-refractivity contribution in [3.63, 3.8) is 0 Å². The molecule has 2 aliphatic heterocycles. The molecule has 2 aliphatic rings. The molecule has 0 radical (unpaired) electrons. The average Bonchev–Trinajstić information content (AvgIpc) is 3.52.